The van der Waals surface area contributed by atoms with Crippen LogP contribution in [0, 0.1) is 0 Å². The van der Waals surface area contributed by atoms with E-state index in [1.54, 1.807) is 67.9 Å². The Balaban J connectivity index is 1.32. The summed E-state index contributed by atoms with van der Waals surface area (Å²) in [7, 11) is 3.13. The molecule has 0 unspecified atom stereocenters. The van der Waals surface area contributed by atoms with Crippen LogP contribution in [0.25, 0.3) is 10.9 Å². The molecule has 292 valence electrons. The molecule has 0 radical (unpaired) electrons. The van der Waals surface area contributed by atoms with Gasteiger partial charge in [-0.1, -0.05) is 19.9 Å². The largest absolute Gasteiger partial charge is 0.497 e. The summed E-state index contributed by atoms with van der Waals surface area (Å²) in [5, 5.41) is 8.71. The van der Waals surface area contributed by atoms with Crippen LogP contribution in [0.2, 0.25) is 0 Å². The molecule has 0 bridgehead atoms. The maximum absolute atomic E-state index is 14.4. The van der Waals surface area contributed by atoms with Gasteiger partial charge in [0.1, 0.15) is 22.8 Å². The zero-order valence-corrected chi connectivity index (χ0v) is 33.1. The average molecular weight is 756 g/mol. The Morgan fingerprint density at radius 3 is 2.24 bits per heavy atom. The first kappa shape index (κ1) is 37.9. The van der Waals surface area contributed by atoms with Crippen molar-refractivity contribution in [1.82, 2.24) is 19.7 Å². The molecule has 7 rings (SSSR count). The van der Waals surface area contributed by atoms with Crippen molar-refractivity contribution in [2.45, 2.75) is 90.3 Å². The number of hydrogen-bond acceptors (Lipinski definition) is 13. The van der Waals surface area contributed by atoms with Crippen molar-refractivity contribution in [2.75, 3.05) is 55.6 Å². The van der Waals surface area contributed by atoms with Gasteiger partial charge >= 0.3 is 12.2 Å². The van der Waals surface area contributed by atoms with E-state index in [0.29, 0.717) is 89.7 Å². The van der Waals surface area contributed by atoms with Gasteiger partial charge in [-0.05, 0) is 89.4 Å². The van der Waals surface area contributed by atoms with E-state index < -0.39 is 28.8 Å². The number of nitrogens with one attached hydrogen (secondary N) is 1. The molecule has 4 heterocycles. The Labute approximate surface area is 320 Å². The lowest BCUT2D eigenvalue weighted by Gasteiger charge is -2.30. The highest BCUT2D eigenvalue weighted by atomic mass is 16.6. The van der Waals surface area contributed by atoms with Crippen molar-refractivity contribution in [3.63, 3.8) is 0 Å². The first-order chi connectivity index (χ1) is 26.0. The third-order valence-electron chi connectivity index (χ3n) is 9.85. The highest BCUT2D eigenvalue weighted by molar-refractivity contribution is 6.23. The van der Waals surface area contributed by atoms with Crippen molar-refractivity contribution in [1.29, 1.82) is 0 Å². The Hall–Kier alpha value is -5.44. The lowest BCUT2D eigenvalue weighted by atomic mass is 9.91. The number of benzene rings is 2. The van der Waals surface area contributed by atoms with Gasteiger partial charge in [-0.2, -0.15) is 4.68 Å². The maximum Gasteiger partial charge on any atom is 0.435 e. The molecule has 55 heavy (non-hydrogen) atoms. The summed E-state index contributed by atoms with van der Waals surface area (Å²) in [5.41, 5.74) is -0.260. The van der Waals surface area contributed by atoms with Gasteiger partial charge in [-0.3, -0.25) is 4.79 Å². The first-order valence-electron chi connectivity index (χ1n) is 18.5. The van der Waals surface area contributed by atoms with E-state index in [-0.39, 0.29) is 17.7 Å². The molecule has 15 heteroatoms. The molecule has 2 aromatic heterocycles. The number of anilines is 4. The number of carbonyl (C=O) groups excluding carboxylic acids is 3. The van der Waals surface area contributed by atoms with Gasteiger partial charge in [0.15, 0.2) is 17.5 Å². The molecule has 3 aliphatic rings. The molecule has 1 spiro atoms. The number of hydrogen-bond donors (Lipinski definition) is 1. The van der Waals surface area contributed by atoms with Crippen LogP contribution >= 0.6 is 0 Å². The van der Waals surface area contributed by atoms with E-state index in [1.807, 2.05) is 38.1 Å². The average Bonchev–Trinajstić information content (AvgIpc) is 3.71. The van der Waals surface area contributed by atoms with Crippen LogP contribution in [-0.2, 0) is 24.4 Å². The molecule has 2 amide bonds. The lowest BCUT2D eigenvalue weighted by molar-refractivity contribution is -0.120. The highest BCUT2D eigenvalue weighted by Crippen LogP contribution is 2.67. The molecule has 2 aliphatic heterocycles. The summed E-state index contributed by atoms with van der Waals surface area (Å²) < 4.78 is 29.8. The van der Waals surface area contributed by atoms with Crippen molar-refractivity contribution >= 4 is 52.1 Å². The minimum atomic E-state index is -1.04. The van der Waals surface area contributed by atoms with Crippen LogP contribution in [0.5, 0.6) is 11.5 Å². The predicted octanol–water partition coefficient (Wildman–Crippen LogP) is 7.04. The number of amides is 2. The van der Waals surface area contributed by atoms with E-state index in [2.05, 4.69) is 10.2 Å². The summed E-state index contributed by atoms with van der Waals surface area (Å²) in [6.07, 6.45) is -0.982. The monoisotopic (exact) mass is 755 g/mol. The molecular formula is C40H49N7O8. The number of methoxy groups -OCH3 is 2. The zero-order valence-electron chi connectivity index (χ0n) is 33.1. The Bertz CT molecular complexity index is 2180. The Kier molecular flexibility index (Phi) is 9.43. The highest BCUT2D eigenvalue weighted by Gasteiger charge is 2.68. The van der Waals surface area contributed by atoms with Gasteiger partial charge in [-0.25, -0.2) is 24.5 Å². The third-order valence-corrected chi connectivity index (χ3v) is 9.85. The first-order valence-corrected chi connectivity index (χ1v) is 18.5. The molecule has 1 saturated heterocycles. The van der Waals surface area contributed by atoms with Crippen LogP contribution in [0.15, 0.2) is 36.4 Å². The van der Waals surface area contributed by atoms with E-state index in [1.165, 1.54) is 4.68 Å². The van der Waals surface area contributed by atoms with Gasteiger partial charge < -0.3 is 33.9 Å². The number of aromatic nitrogens is 4. The van der Waals surface area contributed by atoms with Crippen LogP contribution in [-0.4, -0.2) is 89.6 Å². The number of imide groups is 1. The summed E-state index contributed by atoms with van der Waals surface area (Å²) in [6, 6.07) is 10.9. The minimum absolute atomic E-state index is 0.00497. The Morgan fingerprint density at radius 1 is 0.909 bits per heavy atom. The number of fused-ring (bicyclic) bond motifs is 3. The van der Waals surface area contributed by atoms with Crippen LogP contribution < -0.4 is 24.6 Å². The summed E-state index contributed by atoms with van der Waals surface area (Å²) >= 11 is 0. The molecule has 2 aromatic carbocycles. The third kappa shape index (κ3) is 6.90. The van der Waals surface area contributed by atoms with Crippen molar-refractivity contribution in [3.8, 4) is 11.5 Å². The number of morpholine rings is 1. The smallest absolute Gasteiger partial charge is 0.435 e. The lowest BCUT2D eigenvalue weighted by Crippen LogP contribution is -2.41. The van der Waals surface area contributed by atoms with Crippen LogP contribution in [0.3, 0.4) is 0 Å². The predicted molar refractivity (Wildman–Crippen MR) is 206 cm³/mol. The fourth-order valence-electron chi connectivity index (χ4n) is 7.28. The van der Waals surface area contributed by atoms with Crippen LogP contribution in [0.1, 0.15) is 90.6 Å². The maximum atomic E-state index is 14.4. The van der Waals surface area contributed by atoms with Crippen molar-refractivity contribution in [2.24, 2.45) is 0 Å². The van der Waals surface area contributed by atoms with E-state index in [0.717, 1.165) is 10.5 Å². The van der Waals surface area contributed by atoms with Gasteiger partial charge in [0.05, 0.1) is 44.1 Å². The fourth-order valence-corrected chi connectivity index (χ4v) is 7.28. The van der Waals surface area contributed by atoms with Gasteiger partial charge in [0.25, 0.3) is 0 Å². The quantitative estimate of drug-likeness (QED) is 0.205. The molecule has 1 aliphatic carbocycles. The number of rotatable bonds is 7. The Morgan fingerprint density at radius 2 is 1.60 bits per heavy atom. The second-order valence-corrected chi connectivity index (χ2v) is 16.4. The minimum Gasteiger partial charge on any atom is -0.497 e. The van der Waals surface area contributed by atoms with Gasteiger partial charge in [0.2, 0.25) is 11.7 Å². The molecule has 2 fully saturated rings. The topological polar surface area (TPSA) is 159 Å². The van der Waals surface area contributed by atoms with Crippen LogP contribution in [0.4, 0.5) is 32.7 Å². The van der Waals surface area contributed by atoms with Gasteiger partial charge in [0, 0.05) is 30.3 Å². The standard InChI is InChI=1S/C40H49N7O8/c1-22(2)31-41-33(30(52-10)34(43-31)45-15-17-53-18-16-45)42-32-25-13-11-23(19-29(25)47(44-32)37(50)55-39(6,7)8)27-21-40(27)26-20-24(51-9)12-14-28(26)46(35(40)48)36(49)54-38(3,4)5/h11-14,19-20,22,27H,15-18,21H2,1-10H3,(H,41,42,43,44)/t27-,40-/m0/s1. The number of carbonyl (C=O) groups is 3. The zero-order chi connectivity index (χ0) is 39.6. The van der Waals surface area contributed by atoms with E-state index >= 15 is 0 Å². The molecule has 15 nitrogen and oxygen atoms in total. The van der Waals surface area contributed by atoms with E-state index in [4.69, 9.17) is 38.8 Å². The van der Waals surface area contributed by atoms with Crippen molar-refractivity contribution in [3.05, 3.63) is 53.3 Å². The number of nitrogens with zero attached hydrogens (tertiary/aromatic N) is 6. The molecule has 1 N–H and O–H groups in total. The molecule has 2 atom stereocenters. The summed E-state index contributed by atoms with van der Waals surface area (Å²) in [6.45, 7) is 17.1. The normalized spacial score (nSPS) is 19.5. The molecular weight excluding hydrogens is 706 g/mol. The SMILES string of the molecule is COc1ccc2c(c1)[C@]1(C[C@H]1c1ccc3c(Nc4nc(C(C)C)nc(N5CCOCC5)c4OC)nn(C(=O)OC(C)(C)C)c3c1)C(=O)N2C(=O)OC(C)(C)C. The molecule has 1 saturated carbocycles. The van der Waals surface area contributed by atoms with E-state index in [9.17, 15) is 14.4 Å². The molecule has 4 aromatic rings. The second-order valence-electron chi connectivity index (χ2n) is 16.4. The number of ether oxygens (including phenoxy) is 5. The van der Waals surface area contributed by atoms with Crippen molar-refractivity contribution < 1.29 is 38.1 Å². The second kappa shape index (κ2) is 13.7. The van der Waals surface area contributed by atoms with Gasteiger partial charge in [-0.15, -0.1) is 5.10 Å². The summed E-state index contributed by atoms with van der Waals surface area (Å²) in [5.74, 6) is 2.31. The fraction of sp³-hybridized carbons (Fsp3) is 0.500. The summed E-state index contributed by atoms with van der Waals surface area (Å²) in [4.78, 5) is 54.6.